The zero-order valence-corrected chi connectivity index (χ0v) is 12.2. The Hall–Kier alpha value is -1.23. The third kappa shape index (κ3) is 2.46. The van der Waals surface area contributed by atoms with Gasteiger partial charge in [-0.3, -0.25) is 0 Å². The van der Waals surface area contributed by atoms with Crippen molar-refractivity contribution in [3.8, 4) is 0 Å². The van der Waals surface area contributed by atoms with Crippen LogP contribution in [0.3, 0.4) is 0 Å². The molecule has 0 radical (unpaired) electrons. The lowest BCUT2D eigenvalue weighted by Crippen LogP contribution is -2.20. The molecule has 1 aromatic carbocycles. The molecule has 0 aliphatic carbocycles. The van der Waals surface area contributed by atoms with E-state index in [1.165, 1.54) is 5.69 Å². The second-order valence-corrected chi connectivity index (χ2v) is 5.87. The van der Waals surface area contributed by atoms with Gasteiger partial charge in [-0.25, -0.2) is 0 Å². The van der Waals surface area contributed by atoms with E-state index < -0.39 is 0 Å². The first-order valence-electron chi connectivity index (χ1n) is 6.05. The second kappa shape index (κ2) is 5.18. The molecule has 0 aromatic heterocycles. The van der Waals surface area contributed by atoms with E-state index in [1.54, 1.807) is 0 Å². The molecule has 2 rings (SSSR count). The highest BCUT2D eigenvalue weighted by molar-refractivity contribution is 9.10. The predicted octanol–water partition coefficient (Wildman–Crippen LogP) is 2.64. The monoisotopic (exact) mass is 311 g/mol. The predicted molar refractivity (Wildman–Crippen MR) is 77.2 cm³/mol. The number of benzene rings is 1. The van der Waals surface area contributed by atoms with Gasteiger partial charge < -0.3 is 15.8 Å². The van der Waals surface area contributed by atoms with E-state index in [0.29, 0.717) is 17.4 Å². The summed E-state index contributed by atoms with van der Waals surface area (Å²) in [5.41, 5.74) is 7.46. The first-order chi connectivity index (χ1) is 8.52. The number of anilines is 1. The minimum absolute atomic E-state index is 0.130. The molecular formula is C13H18BrN3O. The zero-order chi connectivity index (χ0) is 13.3. The van der Waals surface area contributed by atoms with E-state index in [1.807, 2.05) is 18.2 Å². The van der Waals surface area contributed by atoms with E-state index in [4.69, 9.17) is 10.9 Å². The van der Waals surface area contributed by atoms with E-state index in [-0.39, 0.29) is 5.84 Å². The van der Waals surface area contributed by atoms with Crippen LogP contribution in [0.4, 0.5) is 5.69 Å². The largest absolute Gasteiger partial charge is 0.409 e. The highest BCUT2D eigenvalue weighted by atomic mass is 79.9. The lowest BCUT2D eigenvalue weighted by Gasteiger charge is -2.20. The lowest BCUT2D eigenvalue weighted by molar-refractivity contribution is 0.318. The van der Waals surface area contributed by atoms with E-state index >= 15 is 0 Å². The van der Waals surface area contributed by atoms with Crippen LogP contribution < -0.4 is 10.6 Å². The third-order valence-corrected chi connectivity index (χ3v) is 4.32. The Labute approximate surface area is 116 Å². The summed E-state index contributed by atoms with van der Waals surface area (Å²) < 4.78 is 0.980. The number of halogens is 1. The Kier molecular flexibility index (Phi) is 3.80. The van der Waals surface area contributed by atoms with Crippen molar-refractivity contribution in [2.75, 3.05) is 18.0 Å². The second-order valence-electron chi connectivity index (χ2n) is 5.01. The molecule has 1 aliphatic heterocycles. The molecule has 0 bridgehead atoms. The Morgan fingerprint density at radius 3 is 2.50 bits per heavy atom. The Morgan fingerprint density at radius 2 is 2.00 bits per heavy atom. The molecule has 3 N–H and O–H groups in total. The van der Waals surface area contributed by atoms with E-state index in [2.05, 4.69) is 39.8 Å². The minimum Gasteiger partial charge on any atom is -0.409 e. The Morgan fingerprint density at radius 1 is 1.39 bits per heavy atom. The summed E-state index contributed by atoms with van der Waals surface area (Å²) in [6.45, 7) is 6.71. The van der Waals surface area contributed by atoms with Crippen LogP contribution in [0.25, 0.3) is 0 Å². The van der Waals surface area contributed by atoms with Crippen LogP contribution in [0.15, 0.2) is 27.8 Å². The van der Waals surface area contributed by atoms with E-state index in [9.17, 15) is 0 Å². The van der Waals surface area contributed by atoms with Crippen LogP contribution in [0.5, 0.6) is 0 Å². The van der Waals surface area contributed by atoms with Crippen LogP contribution in [0.1, 0.15) is 19.4 Å². The van der Waals surface area contributed by atoms with Crippen LogP contribution in [0.2, 0.25) is 0 Å². The highest BCUT2D eigenvalue weighted by Crippen LogP contribution is 2.33. The molecule has 1 aromatic rings. The first kappa shape index (κ1) is 13.2. The van der Waals surface area contributed by atoms with Gasteiger partial charge in [-0.2, -0.15) is 0 Å². The van der Waals surface area contributed by atoms with Crippen molar-refractivity contribution in [3.63, 3.8) is 0 Å². The van der Waals surface area contributed by atoms with Crippen LogP contribution >= 0.6 is 15.9 Å². The summed E-state index contributed by atoms with van der Waals surface area (Å²) in [4.78, 5) is 2.37. The summed E-state index contributed by atoms with van der Waals surface area (Å²) in [6.07, 6.45) is 0. The Bertz CT molecular complexity index is 465. The molecule has 4 nitrogen and oxygen atoms in total. The van der Waals surface area contributed by atoms with Gasteiger partial charge in [0.1, 0.15) is 0 Å². The maximum atomic E-state index is 8.67. The van der Waals surface area contributed by atoms with Crippen molar-refractivity contribution < 1.29 is 5.21 Å². The average molecular weight is 312 g/mol. The number of hydrogen-bond acceptors (Lipinski definition) is 3. The molecule has 98 valence electrons. The van der Waals surface area contributed by atoms with Gasteiger partial charge in [-0.1, -0.05) is 19.0 Å². The van der Waals surface area contributed by atoms with Gasteiger partial charge in [0.2, 0.25) is 0 Å². The van der Waals surface area contributed by atoms with Crippen molar-refractivity contribution in [3.05, 3.63) is 28.2 Å². The van der Waals surface area contributed by atoms with Gasteiger partial charge in [0.05, 0.1) is 5.69 Å². The molecule has 0 amide bonds. The van der Waals surface area contributed by atoms with E-state index in [0.717, 1.165) is 17.6 Å². The van der Waals surface area contributed by atoms with Gasteiger partial charge in [-0.05, 0) is 46.0 Å². The Balaban J connectivity index is 2.26. The molecule has 2 atom stereocenters. The normalized spacial score (nSPS) is 24.6. The van der Waals surface area contributed by atoms with Gasteiger partial charge >= 0.3 is 0 Å². The van der Waals surface area contributed by atoms with Crippen molar-refractivity contribution >= 4 is 27.5 Å². The van der Waals surface area contributed by atoms with Gasteiger partial charge in [0.25, 0.3) is 0 Å². The quantitative estimate of drug-likeness (QED) is 0.382. The first-order valence-corrected chi connectivity index (χ1v) is 6.84. The number of amidine groups is 1. The summed E-state index contributed by atoms with van der Waals surface area (Å²) >= 11 is 3.56. The fraction of sp³-hybridized carbons (Fsp3) is 0.462. The van der Waals surface area contributed by atoms with Crippen molar-refractivity contribution in [1.29, 1.82) is 0 Å². The summed E-state index contributed by atoms with van der Waals surface area (Å²) in [5, 5.41) is 11.7. The fourth-order valence-electron chi connectivity index (χ4n) is 2.31. The van der Waals surface area contributed by atoms with Crippen LogP contribution in [0, 0.1) is 11.8 Å². The molecule has 5 heteroatoms. The molecule has 1 heterocycles. The third-order valence-electron chi connectivity index (χ3n) is 3.68. The molecule has 2 unspecified atom stereocenters. The van der Waals surface area contributed by atoms with Crippen LogP contribution in [-0.4, -0.2) is 24.1 Å². The summed E-state index contributed by atoms with van der Waals surface area (Å²) in [6, 6.07) is 5.78. The number of nitrogens with zero attached hydrogens (tertiary/aromatic N) is 2. The number of rotatable bonds is 2. The molecular weight excluding hydrogens is 294 g/mol. The highest BCUT2D eigenvalue weighted by Gasteiger charge is 2.27. The maximum Gasteiger partial charge on any atom is 0.170 e. The maximum absolute atomic E-state index is 8.67. The van der Waals surface area contributed by atoms with Crippen molar-refractivity contribution in [2.24, 2.45) is 22.7 Å². The van der Waals surface area contributed by atoms with Crippen molar-refractivity contribution in [1.82, 2.24) is 0 Å². The average Bonchev–Trinajstić information content (AvgIpc) is 2.68. The minimum atomic E-state index is 0.130. The van der Waals surface area contributed by atoms with Crippen molar-refractivity contribution in [2.45, 2.75) is 13.8 Å². The zero-order valence-electron chi connectivity index (χ0n) is 10.6. The topological polar surface area (TPSA) is 61.8 Å². The number of nitrogens with two attached hydrogens (primary N) is 1. The standard InChI is InChI=1S/C13H18BrN3O/c1-8-6-17(7-9(8)2)12-4-3-10(5-11(12)14)13(15)16-18/h3-5,8-9,18H,6-7H2,1-2H3,(H2,15,16). The molecule has 1 aliphatic rings. The smallest absolute Gasteiger partial charge is 0.170 e. The van der Waals surface area contributed by atoms with Crippen LogP contribution in [-0.2, 0) is 0 Å². The molecule has 1 saturated heterocycles. The van der Waals surface area contributed by atoms with Gasteiger partial charge in [0.15, 0.2) is 5.84 Å². The molecule has 18 heavy (non-hydrogen) atoms. The van der Waals surface area contributed by atoms with Gasteiger partial charge in [0, 0.05) is 23.1 Å². The SMILES string of the molecule is CC1CN(c2ccc(/C(N)=N/O)cc2Br)CC1C. The molecule has 0 saturated carbocycles. The van der Waals surface area contributed by atoms with Gasteiger partial charge in [-0.15, -0.1) is 0 Å². The number of hydrogen-bond donors (Lipinski definition) is 2. The molecule has 1 fully saturated rings. The fourth-order valence-corrected chi connectivity index (χ4v) is 2.94. The lowest BCUT2D eigenvalue weighted by atomic mass is 10.0. The summed E-state index contributed by atoms with van der Waals surface area (Å²) in [7, 11) is 0. The number of oxime groups is 1. The summed E-state index contributed by atoms with van der Waals surface area (Å²) in [5.74, 6) is 1.55. The molecule has 0 spiro atoms.